The van der Waals surface area contributed by atoms with E-state index in [0.717, 1.165) is 16.7 Å². The minimum Gasteiger partial charge on any atom is -0.481 e. The number of nitrogens with zero attached hydrogens (tertiary/aromatic N) is 1. The highest BCUT2D eigenvalue weighted by Gasteiger charge is 2.28. The molecule has 39 heavy (non-hydrogen) atoms. The number of carbonyl (C=O) groups is 3. The summed E-state index contributed by atoms with van der Waals surface area (Å²) >= 11 is 0. The summed E-state index contributed by atoms with van der Waals surface area (Å²) in [6.07, 6.45) is 0.930. The third-order valence-corrected chi connectivity index (χ3v) is 6.52. The Morgan fingerprint density at radius 1 is 0.872 bits per heavy atom. The molecule has 0 fully saturated rings. The Kier molecular flexibility index (Phi) is 10.5. The van der Waals surface area contributed by atoms with E-state index in [4.69, 9.17) is 5.73 Å². The van der Waals surface area contributed by atoms with E-state index in [0.29, 0.717) is 30.6 Å². The lowest BCUT2D eigenvalue weighted by Gasteiger charge is -2.29. The first-order valence-corrected chi connectivity index (χ1v) is 13.1. The maximum Gasteiger partial charge on any atom is 0.326 e. The SMILES string of the molecule is CC(C)CN(C[C@H](CCc1ccccc1)C(=O)O)C(=O)N[C@@H](Cc1cc(N)ccc1-c1ccccc1)C(=O)O. The van der Waals surface area contributed by atoms with Crippen molar-refractivity contribution in [2.75, 3.05) is 18.8 Å². The molecule has 0 aliphatic rings. The third kappa shape index (κ3) is 8.88. The van der Waals surface area contributed by atoms with Crippen LogP contribution in [0.15, 0.2) is 78.9 Å². The normalized spacial score (nSPS) is 12.5. The predicted molar refractivity (Wildman–Crippen MR) is 152 cm³/mol. The number of aryl methyl sites for hydroxylation is 1. The van der Waals surface area contributed by atoms with E-state index in [1.165, 1.54) is 4.90 Å². The minimum absolute atomic E-state index is 0.0161. The largest absolute Gasteiger partial charge is 0.481 e. The van der Waals surface area contributed by atoms with E-state index in [1.807, 2.05) is 80.6 Å². The van der Waals surface area contributed by atoms with E-state index in [1.54, 1.807) is 12.1 Å². The molecule has 0 aliphatic carbocycles. The van der Waals surface area contributed by atoms with Crippen LogP contribution >= 0.6 is 0 Å². The van der Waals surface area contributed by atoms with E-state index in [9.17, 15) is 24.6 Å². The van der Waals surface area contributed by atoms with Crippen LogP contribution in [0.4, 0.5) is 10.5 Å². The molecule has 0 radical (unpaired) electrons. The second-order valence-electron chi connectivity index (χ2n) is 10.2. The maximum atomic E-state index is 13.4. The average molecular weight is 532 g/mol. The van der Waals surface area contributed by atoms with Crippen LogP contribution in [0.2, 0.25) is 0 Å². The molecule has 0 heterocycles. The van der Waals surface area contributed by atoms with Crippen molar-refractivity contribution >= 4 is 23.7 Å². The van der Waals surface area contributed by atoms with Gasteiger partial charge in [0.15, 0.2) is 0 Å². The fraction of sp³-hybridized carbons (Fsp3) is 0.323. The summed E-state index contributed by atoms with van der Waals surface area (Å²) in [6, 6.07) is 22.6. The molecule has 3 aromatic rings. The van der Waals surface area contributed by atoms with Gasteiger partial charge in [0.05, 0.1) is 5.92 Å². The van der Waals surface area contributed by atoms with E-state index in [-0.39, 0.29) is 18.9 Å². The summed E-state index contributed by atoms with van der Waals surface area (Å²) < 4.78 is 0. The van der Waals surface area contributed by atoms with Crippen LogP contribution in [-0.2, 0) is 22.4 Å². The maximum absolute atomic E-state index is 13.4. The Hall–Kier alpha value is -4.33. The molecule has 2 amide bonds. The molecule has 0 saturated carbocycles. The fourth-order valence-electron chi connectivity index (χ4n) is 4.57. The van der Waals surface area contributed by atoms with Crippen molar-refractivity contribution in [2.24, 2.45) is 11.8 Å². The Morgan fingerprint density at radius 3 is 2.10 bits per heavy atom. The minimum atomic E-state index is -1.23. The number of benzene rings is 3. The highest BCUT2D eigenvalue weighted by Crippen LogP contribution is 2.27. The Bertz CT molecular complexity index is 1250. The van der Waals surface area contributed by atoms with Gasteiger partial charge in [-0.15, -0.1) is 0 Å². The van der Waals surface area contributed by atoms with Gasteiger partial charge in [0, 0.05) is 25.2 Å². The number of nitrogens with one attached hydrogen (secondary N) is 1. The standard InChI is InChI=1S/C31H37N3O5/c1-21(2)19-34(20-24(29(35)36)14-13-22-9-5-3-6-10-22)31(39)33-28(30(37)38)18-25-17-26(32)15-16-27(25)23-11-7-4-8-12-23/h3-12,15-17,21,24,28H,13-14,18-20,32H2,1-2H3,(H,33,39)(H,35,36)(H,37,38)/t24-,28-/m0/s1. The molecule has 8 heteroatoms. The second-order valence-corrected chi connectivity index (χ2v) is 10.2. The molecular weight excluding hydrogens is 494 g/mol. The summed E-state index contributed by atoms with van der Waals surface area (Å²) in [6.45, 7) is 4.12. The monoisotopic (exact) mass is 531 g/mol. The Morgan fingerprint density at radius 2 is 1.51 bits per heavy atom. The van der Waals surface area contributed by atoms with Crippen LogP contribution < -0.4 is 11.1 Å². The zero-order valence-corrected chi connectivity index (χ0v) is 22.4. The molecule has 0 unspecified atom stereocenters. The number of carboxylic acid groups (broad SMARTS) is 2. The van der Waals surface area contributed by atoms with Gasteiger partial charge in [-0.25, -0.2) is 9.59 Å². The molecule has 3 aromatic carbocycles. The molecule has 0 saturated heterocycles. The molecule has 0 spiro atoms. The summed E-state index contributed by atoms with van der Waals surface area (Å²) in [5.74, 6) is -2.92. The first-order chi connectivity index (χ1) is 18.6. The number of carboxylic acids is 2. The molecule has 2 atom stereocenters. The van der Waals surface area contributed by atoms with Crippen molar-refractivity contribution in [3.8, 4) is 11.1 Å². The number of nitrogens with two attached hydrogens (primary N) is 1. The highest BCUT2D eigenvalue weighted by atomic mass is 16.4. The van der Waals surface area contributed by atoms with Gasteiger partial charge in [0.1, 0.15) is 6.04 Å². The van der Waals surface area contributed by atoms with Gasteiger partial charge in [-0.05, 0) is 53.1 Å². The number of hydrogen-bond acceptors (Lipinski definition) is 4. The van der Waals surface area contributed by atoms with Crippen LogP contribution in [-0.4, -0.2) is 52.2 Å². The smallest absolute Gasteiger partial charge is 0.326 e. The zero-order chi connectivity index (χ0) is 28.4. The number of anilines is 1. The van der Waals surface area contributed by atoms with Gasteiger partial charge in [0.25, 0.3) is 0 Å². The number of aliphatic carboxylic acids is 2. The number of carbonyl (C=O) groups excluding carboxylic acids is 1. The number of urea groups is 1. The first kappa shape index (κ1) is 29.2. The van der Waals surface area contributed by atoms with Crippen molar-refractivity contribution in [1.82, 2.24) is 10.2 Å². The third-order valence-electron chi connectivity index (χ3n) is 6.52. The summed E-state index contributed by atoms with van der Waals surface area (Å²) in [5.41, 5.74) is 9.96. The lowest BCUT2D eigenvalue weighted by atomic mass is 9.94. The van der Waals surface area contributed by atoms with Gasteiger partial charge in [-0.1, -0.05) is 80.6 Å². The fourth-order valence-corrected chi connectivity index (χ4v) is 4.57. The number of nitrogen functional groups attached to an aromatic ring is 1. The van der Waals surface area contributed by atoms with Crippen LogP contribution in [0.25, 0.3) is 11.1 Å². The molecule has 0 aromatic heterocycles. The van der Waals surface area contributed by atoms with E-state index in [2.05, 4.69) is 5.32 Å². The predicted octanol–water partition coefficient (Wildman–Crippen LogP) is 4.93. The lowest BCUT2D eigenvalue weighted by Crippen LogP contribution is -2.51. The van der Waals surface area contributed by atoms with Crippen molar-refractivity contribution in [3.63, 3.8) is 0 Å². The Balaban J connectivity index is 1.78. The molecule has 5 N–H and O–H groups in total. The molecule has 0 aliphatic heterocycles. The number of rotatable bonds is 13. The van der Waals surface area contributed by atoms with Gasteiger partial charge >= 0.3 is 18.0 Å². The quantitative estimate of drug-likeness (QED) is 0.231. The zero-order valence-electron chi connectivity index (χ0n) is 22.4. The Labute approximate surface area is 229 Å². The second kappa shape index (κ2) is 14.0. The summed E-state index contributed by atoms with van der Waals surface area (Å²) in [4.78, 5) is 39.1. The molecule has 3 rings (SSSR count). The van der Waals surface area contributed by atoms with Gasteiger partial charge in [-0.2, -0.15) is 0 Å². The number of hydrogen-bond donors (Lipinski definition) is 4. The van der Waals surface area contributed by atoms with Crippen molar-refractivity contribution < 1.29 is 24.6 Å². The van der Waals surface area contributed by atoms with Gasteiger partial charge in [-0.3, -0.25) is 4.79 Å². The van der Waals surface area contributed by atoms with Gasteiger partial charge < -0.3 is 26.2 Å². The average Bonchev–Trinajstić information content (AvgIpc) is 2.90. The van der Waals surface area contributed by atoms with E-state index < -0.39 is 29.9 Å². The molecule has 0 bridgehead atoms. The summed E-state index contributed by atoms with van der Waals surface area (Å²) in [7, 11) is 0. The topological polar surface area (TPSA) is 133 Å². The van der Waals surface area contributed by atoms with Gasteiger partial charge in [0.2, 0.25) is 0 Å². The van der Waals surface area contributed by atoms with E-state index >= 15 is 0 Å². The molecule has 206 valence electrons. The van der Waals surface area contributed by atoms with Crippen LogP contribution in [0, 0.1) is 11.8 Å². The van der Waals surface area contributed by atoms with Crippen molar-refractivity contribution in [2.45, 2.75) is 39.2 Å². The first-order valence-electron chi connectivity index (χ1n) is 13.1. The molecule has 8 nitrogen and oxygen atoms in total. The highest BCUT2D eigenvalue weighted by molar-refractivity contribution is 5.84. The van der Waals surface area contributed by atoms with Crippen molar-refractivity contribution in [1.29, 1.82) is 0 Å². The van der Waals surface area contributed by atoms with Crippen LogP contribution in [0.3, 0.4) is 0 Å². The van der Waals surface area contributed by atoms with Crippen molar-refractivity contribution in [3.05, 3.63) is 90.0 Å². The van der Waals surface area contributed by atoms with Crippen LogP contribution in [0.5, 0.6) is 0 Å². The number of amides is 2. The lowest BCUT2D eigenvalue weighted by molar-refractivity contribution is -0.142. The molecular formula is C31H37N3O5. The van der Waals surface area contributed by atoms with Crippen LogP contribution in [0.1, 0.15) is 31.4 Å². The summed E-state index contributed by atoms with van der Waals surface area (Å²) in [5, 5.41) is 22.5.